The molecule has 2 aliphatic rings. The maximum absolute atomic E-state index is 10.6. The molecule has 43 heavy (non-hydrogen) atoms. The number of aromatic nitrogens is 5. The van der Waals surface area contributed by atoms with Gasteiger partial charge < -0.3 is 25.0 Å². The number of aromatic amines is 1. The van der Waals surface area contributed by atoms with Gasteiger partial charge in [-0.3, -0.25) is 10.4 Å². The van der Waals surface area contributed by atoms with Crippen molar-refractivity contribution in [3.8, 4) is 28.1 Å². The van der Waals surface area contributed by atoms with Crippen LogP contribution >= 0.6 is 0 Å². The molecular weight excluding hydrogens is 596 g/mol. The first kappa shape index (κ1) is 33.0. The minimum Gasteiger partial charge on any atom is -0.507 e. The van der Waals surface area contributed by atoms with Gasteiger partial charge in [0, 0.05) is 43.4 Å². The smallest absolute Gasteiger partial charge is 0.490 e. The highest BCUT2D eigenvalue weighted by molar-refractivity contribution is 5.74. The fourth-order valence-corrected chi connectivity index (χ4v) is 3.75. The lowest BCUT2D eigenvalue weighted by molar-refractivity contribution is -0.193. The summed E-state index contributed by atoms with van der Waals surface area (Å²) in [7, 11) is 0. The third-order valence-corrected chi connectivity index (χ3v) is 6.04. The molecule has 0 amide bonds. The van der Waals surface area contributed by atoms with E-state index in [1.807, 2.05) is 12.1 Å². The highest BCUT2D eigenvalue weighted by atomic mass is 19.4. The Kier molecular flexibility index (Phi) is 10.8. The molecule has 234 valence electrons. The summed E-state index contributed by atoms with van der Waals surface area (Å²) in [5.41, 5.74) is 2.94. The predicted octanol–water partition coefficient (Wildman–Crippen LogP) is 3.06. The summed E-state index contributed by atoms with van der Waals surface area (Å²) in [5, 5.41) is 43.4. The molecule has 5 N–H and O–H groups in total. The number of carboxylic acid groups (broad SMARTS) is 2. The maximum atomic E-state index is 10.6. The minimum absolute atomic E-state index is 0.137. The molecule has 0 aliphatic carbocycles. The van der Waals surface area contributed by atoms with E-state index in [2.05, 4.69) is 35.6 Å². The lowest BCUT2D eigenvalue weighted by Crippen LogP contribution is -2.43. The molecule has 2 unspecified atom stereocenters. The third kappa shape index (κ3) is 9.77. The second-order valence-corrected chi connectivity index (χ2v) is 9.13. The van der Waals surface area contributed by atoms with Gasteiger partial charge in [-0.1, -0.05) is 6.07 Å². The summed E-state index contributed by atoms with van der Waals surface area (Å²) in [5.74, 6) is -4.19. The number of nitrogens with one attached hydrogen (secondary N) is 2. The number of carboxylic acids is 2. The van der Waals surface area contributed by atoms with Crippen molar-refractivity contribution in [1.29, 1.82) is 0 Å². The van der Waals surface area contributed by atoms with Gasteiger partial charge in [-0.2, -0.15) is 31.4 Å². The number of hydrogen-bond donors (Lipinski definition) is 5. The molecule has 2 fully saturated rings. The molecular formula is C24H25F6N7O6. The summed E-state index contributed by atoms with van der Waals surface area (Å²) >= 11 is 0. The highest BCUT2D eigenvalue weighted by Crippen LogP contribution is 2.32. The predicted molar refractivity (Wildman–Crippen MR) is 135 cm³/mol. The average Bonchev–Trinajstić information content (AvgIpc) is 3.61. The zero-order valence-corrected chi connectivity index (χ0v) is 21.9. The van der Waals surface area contributed by atoms with E-state index in [0.29, 0.717) is 23.1 Å². The van der Waals surface area contributed by atoms with E-state index in [1.54, 1.807) is 24.7 Å². The molecule has 5 rings (SSSR count). The van der Waals surface area contributed by atoms with Gasteiger partial charge in [-0.05, 0) is 30.0 Å². The Morgan fingerprint density at radius 1 is 1.02 bits per heavy atom. The second kappa shape index (κ2) is 14.1. The van der Waals surface area contributed by atoms with Crippen molar-refractivity contribution in [2.75, 3.05) is 31.1 Å². The van der Waals surface area contributed by atoms with Crippen LogP contribution < -0.4 is 10.2 Å². The van der Waals surface area contributed by atoms with Crippen molar-refractivity contribution < 1.29 is 56.0 Å². The Labute approximate surface area is 238 Å². The number of alkyl halides is 6. The van der Waals surface area contributed by atoms with Crippen molar-refractivity contribution in [2.45, 2.75) is 31.4 Å². The number of phenols is 1. The van der Waals surface area contributed by atoms with E-state index in [1.165, 1.54) is 0 Å². The Morgan fingerprint density at radius 2 is 1.67 bits per heavy atom. The van der Waals surface area contributed by atoms with Crippen molar-refractivity contribution in [2.24, 2.45) is 5.92 Å². The number of benzene rings is 1. The molecule has 1 aromatic carbocycles. The van der Waals surface area contributed by atoms with Crippen LogP contribution in [0.3, 0.4) is 0 Å². The van der Waals surface area contributed by atoms with Gasteiger partial charge in [-0.25, -0.2) is 14.6 Å². The number of nitrogens with zero attached hydrogens (tertiary/aromatic N) is 5. The Balaban J connectivity index is 0.000000303. The largest absolute Gasteiger partial charge is 0.507 e. The van der Waals surface area contributed by atoms with Crippen LogP contribution in [0.15, 0.2) is 36.8 Å². The number of carbonyl (C=O) groups is 2. The number of rotatable bonds is 6. The zero-order chi connectivity index (χ0) is 31.8. The number of ether oxygens (including phenoxy) is 1. The number of halogens is 6. The highest BCUT2D eigenvalue weighted by Gasteiger charge is 2.39. The second-order valence-electron chi connectivity index (χ2n) is 9.13. The number of phenolic OH excluding ortho intramolecular Hbond substituents is 1. The molecule has 19 heteroatoms. The van der Waals surface area contributed by atoms with Crippen LogP contribution in [0.2, 0.25) is 0 Å². The first-order chi connectivity index (χ1) is 20.1. The van der Waals surface area contributed by atoms with E-state index in [0.717, 1.165) is 50.2 Å². The molecule has 13 nitrogen and oxygen atoms in total. The van der Waals surface area contributed by atoms with E-state index < -0.39 is 24.3 Å². The summed E-state index contributed by atoms with van der Waals surface area (Å²) in [6, 6.07) is 5.43. The first-order valence-electron chi connectivity index (χ1n) is 12.4. The van der Waals surface area contributed by atoms with Gasteiger partial charge in [0.15, 0.2) is 0 Å². The Bertz CT molecular complexity index is 1330. The Morgan fingerprint density at radius 3 is 2.14 bits per heavy atom. The van der Waals surface area contributed by atoms with Gasteiger partial charge in [0.25, 0.3) is 0 Å². The molecule has 2 saturated heterocycles. The molecule has 4 heterocycles. The van der Waals surface area contributed by atoms with Crippen LogP contribution in [0.1, 0.15) is 12.8 Å². The van der Waals surface area contributed by atoms with Gasteiger partial charge in [0.1, 0.15) is 17.7 Å². The van der Waals surface area contributed by atoms with Gasteiger partial charge in [0.05, 0.1) is 19.0 Å². The molecule has 2 aliphatic heterocycles. The summed E-state index contributed by atoms with van der Waals surface area (Å²) < 4.78 is 68.9. The molecule has 3 aromatic rings. The fraction of sp³-hybridized carbons (Fsp3) is 0.417. The molecule has 0 saturated carbocycles. The Hall–Kier alpha value is -4.52. The van der Waals surface area contributed by atoms with Crippen LogP contribution in [0.5, 0.6) is 5.75 Å². The van der Waals surface area contributed by atoms with Crippen LogP contribution in [0.25, 0.3) is 22.4 Å². The maximum Gasteiger partial charge on any atom is 0.490 e. The minimum atomic E-state index is -5.08. The average molecular weight is 621 g/mol. The quantitative estimate of drug-likeness (QED) is 0.254. The molecule has 0 radical (unpaired) electrons. The summed E-state index contributed by atoms with van der Waals surface area (Å²) in [4.78, 5) is 24.4. The first-order valence-corrected chi connectivity index (χ1v) is 12.4. The van der Waals surface area contributed by atoms with E-state index in [-0.39, 0.29) is 12.0 Å². The van der Waals surface area contributed by atoms with Crippen molar-refractivity contribution in [1.82, 2.24) is 30.7 Å². The topological polar surface area (TPSA) is 187 Å². The molecule has 2 atom stereocenters. The van der Waals surface area contributed by atoms with Crippen molar-refractivity contribution in [3.05, 3.63) is 36.8 Å². The van der Waals surface area contributed by atoms with Gasteiger partial charge in [-0.15, -0.1) is 10.2 Å². The lowest BCUT2D eigenvalue weighted by Gasteiger charge is -2.28. The summed E-state index contributed by atoms with van der Waals surface area (Å²) in [6.07, 6.45) is -2.58. The number of aliphatic carboxylic acids is 2. The van der Waals surface area contributed by atoms with Crippen LogP contribution in [-0.2, 0) is 14.3 Å². The lowest BCUT2D eigenvalue weighted by atomic mass is 10.0. The van der Waals surface area contributed by atoms with E-state index in [4.69, 9.17) is 24.5 Å². The van der Waals surface area contributed by atoms with Crippen molar-refractivity contribution in [3.63, 3.8) is 0 Å². The number of hydrogen-bond acceptors (Lipinski definition) is 10. The van der Waals surface area contributed by atoms with E-state index in [9.17, 15) is 31.4 Å². The van der Waals surface area contributed by atoms with Crippen molar-refractivity contribution >= 4 is 17.9 Å². The standard InChI is InChI=1S/C20H23N7O2.2C2HF3O2/c28-18-7-14(15-9-23-24-10-15)1-2-16(18)17-11-22-20(26-25-17)27-5-3-13(12-27)8-21-19-4-6-29-19;2*3-2(4,5)1(6)7/h1-2,7,9-11,13,19,21,28H,3-6,8,12H2,(H,23,24);2*(H,6,7). The number of aromatic hydroxyl groups is 1. The SMILES string of the molecule is O=C(O)C(F)(F)F.O=C(O)C(F)(F)F.Oc1cc(-c2cn[nH]c2)ccc1-c1cnc(N2CCC(CNC3CCO3)C2)nn1. The van der Waals surface area contributed by atoms with Gasteiger partial charge >= 0.3 is 24.3 Å². The van der Waals surface area contributed by atoms with E-state index >= 15 is 0 Å². The molecule has 0 spiro atoms. The zero-order valence-electron chi connectivity index (χ0n) is 21.9. The molecule has 0 bridgehead atoms. The number of H-pyrrole nitrogens is 1. The number of anilines is 1. The monoisotopic (exact) mass is 621 g/mol. The van der Waals surface area contributed by atoms with Gasteiger partial charge in [0.2, 0.25) is 5.95 Å². The van der Waals surface area contributed by atoms with Crippen LogP contribution in [-0.4, -0.2) is 97.5 Å². The fourth-order valence-electron chi connectivity index (χ4n) is 3.75. The van der Waals surface area contributed by atoms with Crippen LogP contribution in [0, 0.1) is 5.92 Å². The third-order valence-electron chi connectivity index (χ3n) is 6.04. The summed E-state index contributed by atoms with van der Waals surface area (Å²) in [6.45, 7) is 3.64. The molecule has 2 aromatic heterocycles. The normalized spacial score (nSPS) is 18.0. The van der Waals surface area contributed by atoms with Crippen LogP contribution in [0.4, 0.5) is 32.3 Å².